The maximum Gasteiger partial charge on any atom is 0.270 e. The molecule has 2 aliphatic rings. The standard InChI is InChI=1S/C19H22ClN3O2/c20-15-5-6-16-14(11-15)12-17(21-16)19(25)23-9-7-22(8-10-23)18(24)13-3-1-2-4-13/h5-6,11-13,21H,1-4,7-10H2. The second-order valence-corrected chi connectivity index (χ2v) is 7.45. The number of amides is 2. The molecule has 1 aliphatic carbocycles. The van der Waals surface area contributed by atoms with Gasteiger partial charge in [-0.25, -0.2) is 0 Å². The fourth-order valence-electron chi connectivity index (χ4n) is 3.95. The van der Waals surface area contributed by atoms with Crippen molar-refractivity contribution < 1.29 is 9.59 Å². The van der Waals surface area contributed by atoms with Gasteiger partial charge in [-0.1, -0.05) is 24.4 Å². The fraction of sp³-hybridized carbons (Fsp3) is 0.474. The zero-order valence-electron chi connectivity index (χ0n) is 14.1. The van der Waals surface area contributed by atoms with Crippen molar-refractivity contribution in [2.24, 2.45) is 5.92 Å². The Labute approximate surface area is 151 Å². The Balaban J connectivity index is 1.41. The summed E-state index contributed by atoms with van der Waals surface area (Å²) in [5, 5.41) is 1.59. The number of carbonyl (C=O) groups excluding carboxylic acids is 2. The topological polar surface area (TPSA) is 56.4 Å². The van der Waals surface area contributed by atoms with Crippen molar-refractivity contribution in [1.82, 2.24) is 14.8 Å². The largest absolute Gasteiger partial charge is 0.351 e. The third kappa shape index (κ3) is 3.25. The van der Waals surface area contributed by atoms with Gasteiger partial charge in [0.15, 0.2) is 0 Å². The van der Waals surface area contributed by atoms with Crippen molar-refractivity contribution in [2.75, 3.05) is 26.2 Å². The molecule has 25 heavy (non-hydrogen) atoms. The molecule has 5 nitrogen and oxygen atoms in total. The lowest BCUT2D eigenvalue weighted by Gasteiger charge is -2.35. The Kier molecular flexibility index (Phi) is 4.42. The van der Waals surface area contributed by atoms with Crippen LogP contribution in [-0.4, -0.2) is 52.8 Å². The van der Waals surface area contributed by atoms with Gasteiger partial charge >= 0.3 is 0 Å². The van der Waals surface area contributed by atoms with E-state index in [1.54, 1.807) is 0 Å². The van der Waals surface area contributed by atoms with Crippen molar-refractivity contribution in [3.05, 3.63) is 35.0 Å². The van der Waals surface area contributed by atoms with Crippen molar-refractivity contribution >= 4 is 34.3 Å². The summed E-state index contributed by atoms with van der Waals surface area (Å²) in [5.74, 6) is 0.478. The summed E-state index contributed by atoms with van der Waals surface area (Å²) < 4.78 is 0. The van der Waals surface area contributed by atoms with Crippen LogP contribution >= 0.6 is 11.6 Å². The van der Waals surface area contributed by atoms with Gasteiger partial charge in [-0.05, 0) is 37.1 Å². The maximum absolute atomic E-state index is 12.7. The Morgan fingerprint density at radius 3 is 2.40 bits per heavy atom. The van der Waals surface area contributed by atoms with Gasteiger partial charge in [-0.3, -0.25) is 9.59 Å². The van der Waals surface area contributed by atoms with E-state index < -0.39 is 0 Å². The van der Waals surface area contributed by atoms with Crippen molar-refractivity contribution in [2.45, 2.75) is 25.7 Å². The van der Waals surface area contributed by atoms with Gasteiger partial charge in [0, 0.05) is 48.0 Å². The van der Waals surface area contributed by atoms with E-state index in [1.807, 2.05) is 34.1 Å². The summed E-state index contributed by atoms with van der Waals surface area (Å²) >= 11 is 6.01. The summed E-state index contributed by atoms with van der Waals surface area (Å²) in [6.07, 6.45) is 4.38. The van der Waals surface area contributed by atoms with E-state index in [0.717, 1.165) is 23.7 Å². The molecule has 1 aliphatic heterocycles. The van der Waals surface area contributed by atoms with Crippen molar-refractivity contribution in [1.29, 1.82) is 0 Å². The van der Waals surface area contributed by atoms with Gasteiger partial charge in [0.1, 0.15) is 5.69 Å². The molecule has 0 atom stereocenters. The van der Waals surface area contributed by atoms with E-state index >= 15 is 0 Å². The molecule has 1 saturated heterocycles. The van der Waals surface area contributed by atoms with Gasteiger partial charge in [0.05, 0.1) is 0 Å². The van der Waals surface area contributed by atoms with Crippen LogP contribution in [-0.2, 0) is 4.79 Å². The molecule has 0 unspecified atom stereocenters. The molecule has 1 aromatic carbocycles. The first kappa shape index (κ1) is 16.5. The number of nitrogens with zero attached hydrogens (tertiary/aromatic N) is 2. The summed E-state index contributed by atoms with van der Waals surface area (Å²) in [5.41, 5.74) is 1.48. The van der Waals surface area contributed by atoms with E-state index in [4.69, 9.17) is 11.6 Å². The number of hydrogen-bond acceptors (Lipinski definition) is 2. The Bertz CT molecular complexity index is 802. The number of aromatic amines is 1. The SMILES string of the molecule is O=C(c1cc2cc(Cl)ccc2[nH]1)N1CCN(C(=O)C2CCCC2)CC1. The van der Waals surface area contributed by atoms with E-state index in [0.29, 0.717) is 36.9 Å². The lowest BCUT2D eigenvalue weighted by Crippen LogP contribution is -2.51. The second-order valence-electron chi connectivity index (χ2n) is 7.01. The Hall–Kier alpha value is -2.01. The van der Waals surface area contributed by atoms with Gasteiger partial charge < -0.3 is 14.8 Å². The van der Waals surface area contributed by atoms with Crippen LogP contribution in [0.5, 0.6) is 0 Å². The number of hydrogen-bond donors (Lipinski definition) is 1. The zero-order valence-corrected chi connectivity index (χ0v) is 14.9. The molecule has 132 valence electrons. The third-order valence-corrected chi connectivity index (χ3v) is 5.63. The minimum absolute atomic E-state index is 0.0136. The lowest BCUT2D eigenvalue weighted by atomic mass is 10.1. The molecular formula is C19H22ClN3O2. The number of halogens is 1. The van der Waals surface area contributed by atoms with Gasteiger partial charge in [0.2, 0.25) is 5.91 Å². The number of carbonyl (C=O) groups is 2. The van der Waals surface area contributed by atoms with E-state index in [9.17, 15) is 9.59 Å². The molecule has 2 fully saturated rings. The number of benzene rings is 1. The molecule has 0 bridgehead atoms. The first-order valence-corrected chi connectivity index (χ1v) is 9.36. The van der Waals surface area contributed by atoms with Crippen LogP contribution in [0.3, 0.4) is 0 Å². The number of aromatic nitrogens is 1. The molecule has 2 heterocycles. The van der Waals surface area contributed by atoms with E-state index in [2.05, 4.69) is 4.98 Å². The summed E-state index contributed by atoms with van der Waals surface area (Å²) in [6, 6.07) is 7.39. The van der Waals surface area contributed by atoms with Gasteiger partial charge in [-0.2, -0.15) is 0 Å². The van der Waals surface area contributed by atoms with E-state index in [-0.39, 0.29) is 17.7 Å². The Morgan fingerprint density at radius 1 is 1.00 bits per heavy atom. The normalized spacial score (nSPS) is 18.9. The van der Waals surface area contributed by atoms with Crippen molar-refractivity contribution in [3.63, 3.8) is 0 Å². The molecular weight excluding hydrogens is 338 g/mol. The average molecular weight is 360 g/mol. The third-order valence-electron chi connectivity index (χ3n) is 5.40. The number of piperazine rings is 1. The molecule has 6 heteroatoms. The highest BCUT2D eigenvalue weighted by atomic mass is 35.5. The number of H-pyrrole nitrogens is 1. The minimum atomic E-state index is -0.0136. The molecule has 0 radical (unpaired) electrons. The van der Waals surface area contributed by atoms with E-state index in [1.165, 1.54) is 12.8 Å². The predicted octanol–water partition coefficient (Wildman–Crippen LogP) is 3.30. The highest BCUT2D eigenvalue weighted by Gasteiger charge is 2.31. The highest BCUT2D eigenvalue weighted by Crippen LogP contribution is 2.27. The van der Waals surface area contributed by atoms with Crippen LogP contribution in [0, 0.1) is 5.92 Å². The van der Waals surface area contributed by atoms with Crippen molar-refractivity contribution in [3.8, 4) is 0 Å². The zero-order chi connectivity index (χ0) is 17.4. The molecule has 0 spiro atoms. The summed E-state index contributed by atoms with van der Waals surface area (Å²) in [4.78, 5) is 32.2. The second kappa shape index (κ2) is 6.71. The van der Waals surface area contributed by atoms with Gasteiger partial charge in [0.25, 0.3) is 5.91 Å². The van der Waals surface area contributed by atoms with Crippen LogP contribution in [0.1, 0.15) is 36.2 Å². The van der Waals surface area contributed by atoms with Gasteiger partial charge in [-0.15, -0.1) is 0 Å². The number of fused-ring (bicyclic) bond motifs is 1. The maximum atomic E-state index is 12.7. The van der Waals surface area contributed by atoms with Crippen LogP contribution in [0.15, 0.2) is 24.3 Å². The molecule has 4 rings (SSSR count). The number of nitrogens with one attached hydrogen (secondary N) is 1. The molecule has 1 N–H and O–H groups in total. The lowest BCUT2D eigenvalue weighted by molar-refractivity contribution is -0.136. The quantitative estimate of drug-likeness (QED) is 0.894. The smallest absolute Gasteiger partial charge is 0.270 e. The summed E-state index contributed by atoms with van der Waals surface area (Å²) in [7, 11) is 0. The summed E-state index contributed by atoms with van der Waals surface area (Å²) in [6.45, 7) is 2.45. The first-order chi connectivity index (χ1) is 12.1. The molecule has 1 aromatic heterocycles. The minimum Gasteiger partial charge on any atom is -0.351 e. The number of rotatable bonds is 2. The fourth-order valence-corrected chi connectivity index (χ4v) is 4.13. The average Bonchev–Trinajstić information content (AvgIpc) is 3.30. The van der Waals surface area contributed by atoms with Crippen LogP contribution in [0.4, 0.5) is 0 Å². The predicted molar refractivity (Wildman–Crippen MR) is 97.8 cm³/mol. The van der Waals surface area contributed by atoms with Crippen LogP contribution in [0.25, 0.3) is 10.9 Å². The first-order valence-electron chi connectivity index (χ1n) is 8.98. The molecule has 2 amide bonds. The molecule has 1 saturated carbocycles. The molecule has 2 aromatic rings. The highest BCUT2D eigenvalue weighted by molar-refractivity contribution is 6.31. The van der Waals surface area contributed by atoms with Crippen LogP contribution in [0.2, 0.25) is 5.02 Å². The monoisotopic (exact) mass is 359 g/mol. The Morgan fingerprint density at radius 2 is 1.68 bits per heavy atom. The van der Waals surface area contributed by atoms with Crippen LogP contribution < -0.4 is 0 Å².